The van der Waals surface area contributed by atoms with Gasteiger partial charge in [-0.2, -0.15) is 10.4 Å². The fourth-order valence-corrected chi connectivity index (χ4v) is 1.91. The molecule has 0 saturated carbocycles. The van der Waals surface area contributed by atoms with Gasteiger partial charge in [0.2, 0.25) is 0 Å². The molecule has 0 aliphatic rings. The van der Waals surface area contributed by atoms with Crippen molar-refractivity contribution in [2.75, 3.05) is 18.0 Å². The number of rotatable bonds is 5. The van der Waals surface area contributed by atoms with Gasteiger partial charge in [-0.3, -0.25) is 9.48 Å². The Hall–Kier alpha value is -2.03. The number of anilines is 1. The van der Waals surface area contributed by atoms with Crippen LogP contribution in [0.4, 0.5) is 5.82 Å². The van der Waals surface area contributed by atoms with Crippen LogP contribution in [-0.4, -0.2) is 33.9 Å². The van der Waals surface area contributed by atoms with E-state index >= 15 is 0 Å². The van der Waals surface area contributed by atoms with Crippen molar-refractivity contribution in [3.05, 3.63) is 11.3 Å². The van der Waals surface area contributed by atoms with Gasteiger partial charge in [-0.1, -0.05) is 6.92 Å². The number of nitriles is 1. The SMILES string of the molecule is CCN(CC(C)C(=O)O)c1c(C#N)c(C)nn1C. The highest BCUT2D eigenvalue weighted by Crippen LogP contribution is 2.23. The first kappa shape index (κ1) is 14.0. The average Bonchev–Trinajstić information content (AvgIpc) is 2.60. The van der Waals surface area contributed by atoms with Gasteiger partial charge in [0, 0.05) is 20.1 Å². The lowest BCUT2D eigenvalue weighted by atomic mass is 10.1. The average molecular weight is 250 g/mol. The van der Waals surface area contributed by atoms with Crippen LogP contribution in [0.3, 0.4) is 0 Å². The van der Waals surface area contributed by atoms with Crippen molar-refractivity contribution in [2.24, 2.45) is 13.0 Å². The Balaban J connectivity index is 3.10. The summed E-state index contributed by atoms with van der Waals surface area (Å²) in [5, 5.41) is 22.3. The minimum absolute atomic E-state index is 0.361. The highest BCUT2D eigenvalue weighted by Gasteiger charge is 2.22. The van der Waals surface area contributed by atoms with Gasteiger partial charge in [0.25, 0.3) is 0 Å². The highest BCUT2D eigenvalue weighted by atomic mass is 16.4. The third-order valence-electron chi connectivity index (χ3n) is 2.90. The quantitative estimate of drug-likeness (QED) is 0.847. The maximum absolute atomic E-state index is 10.9. The Kier molecular flexibility index (Phi) is 4.32. The van der Waals surface area contributed by atoms with E-state index < -0.39 is 11.9 Å². The van der Waals surface area contributed by atoms with Crippen LogP contribution in [0, 0.1) is 24.2 Å². The molecule has 0 radical (unpaired) electrons. The topological polar surface area (TPSA) is 82.2 Å². The fourth-order valence-electron chi connectivity index (χ4n) is 1.91. The molecule has 6 nitrogen and oxygen atoms in total. The Morgan fingerprint density at radius 1 is 1.67 bits per heavy atom. The molecule has 1 aromatic heterocycles. The van der Waals surface area contributed by atoms with Crippen molar-refractivity contribution < 1.29 is 9.90 Å². The van der Waals surface area contributed by atoms with Crippen molar-refractivity contribution in [3.63, 3.8) is 0 Å². The fraction of sp³-hybridized carbons (Fsp3) is 0.583. The van der Waals surface area contributed by atoms with Gasteiger partial charge in [-0.15, -0.1) is 0 Å². The molecule has 1 rings (SSSR count). The number of carboxylic acid groups (broad SMARTS) is 1. The minimum Gasteiger partial charge on any atom is -0.481 e. The summed E-state index contributed by atoms with van der Waals surface area (Å²) in [6.45, 7) is 6.35. The number of nitrogens with zero attached hydrogens (tertiary/aromatic N) is 4. The molecule has 0 aromatic carbocycles. The summed E-state index contributed by atoms with van der Waals surface area (Å²) in [6.07, 6.45) is 0. The standard InChI is InChI=1S/C12H18N4O2/c1-5-16(7-8(2)12(17)18)11-10(6-13)9(3)14-15(11)4/h8H,5,7H2,1-4H3,(H,17,18). The van der Waals surface area contributed by atoms with Crippen LogP contribution in [0.15, 0.2) is 0 Å². The van der Waals surface area contributed by atoms with E-state index in [4.69, 9.17) is 10.4 Å². The second kappa shape index (κ2) is 5.54. The van der Waals surface area contributed by atoms with E-state index in [9.17, 15) is 4.79 Å². The first-order chi connectivity index (χ1) is 8.42. The van der Waals surface area contributed by atoms with Gasteiger partial charge >= 0.3 is 5.97 Å². The molecule has 18 heavy (non-hydrogen) atoms. The molecule has 0 aliphatic heterocycles. The monoisotopic (exact) mass is 250 g/mol. The Morgan fingerprint density at radius 3 is 2.72 bits per heavy atom. The van der Waals surface area contributed by atoms with Crippen molar-refractivity contribution in [3.8, 4) is 6.07 Å². The van der Waals surface area contributed by atoms with Gasteiger partial charge in [-0.05, 0) is 13.8 Å². The molecule has 1 N–H and O–H groups in total. The van der Waals surface area contributed by atoms with E-state index in [1.165, 1.54) is 0 Å². The van der Waals surface area contributed by atoms with E-state index in [2.05, 4.69) is 11.2 Å². The molecule has 1 heterocycles. The number of aryl methyl sites for hydroxylation is 2. The molecule has 0 spiro atoms. The molecule has 0 fully saturated rings. The lowest BCUT2D eigenvalue weighted by Gasteiger charge is -2.25. The largest absolute Gasteiger partial charge is 0.481 e. The number of aliphatic carboxylic acids is 1. The van der Waals surface area contributed by atoms with Crippen molar-refractivity contribution in [2.45, 2.75) is 20.8 Å². The molecule has 6 heteroatoms. The van der Waals surface area contributed by atoms with Crippen LogP contribution in [0.1, 0.15) is 25.1 Å². The van der Waals surface area contributed by atoms with Crippen molar-refractivity contribution in [1.29, 1.82) is 5.26 Å². The summed E-state index contributed by atoms with van der Waals surface area (Å²) < 4.78 is 1.63. The Labute approximate surface area is 106 Å². The van der Waals surface area contributed by atoms with Crippen LogP contribution < -0.4 is 4.90 Å². The molecule has 1 aromatic rings. The summed E-state index contributed by atoms with van der Waals surface area (Å²) >= 11 is 0. The van der Waals surface area contributed by atoms with Crippen LogP contribution in [0.2, 0.25) is 0 Å². The molecule has 0 aliphatic carbocycles. The smallest absolute Gasteiger partial charge is 0.308 e. The van der Waals surface area contributed by atoms with E-state index in [0.717, 1.165) is 0 Å². The lowest BCUT2D eigenvalue weighted by molar-refractivity contribution is -0.140. The van der Waals surface area contributed by atoms with Crippen molar-refractivity contribution >= 4 is 11.8 Å². The van der Waals surface area contributed by atoms with Gasteiger partial charge in [0.15, 0.2) is 0 Å². The zero-order chi connectivity index (χ0) is 13.9. The van der Waals surface area contributed by atoms with Gasteiger partial charge in [-0.25, -0.2) is 0 Å². The van der Waals surface area contributed by atoms with E-state index in [1.807, 2.05) is 11.8 Å². The highest BCUT2D eigenvalue weighted by molar-refractivity contribution is 5.70. The lowest BCUT2D eigenvalue weighted by Crippen LogP contribution is -2.33. The summed E-state index contributed by atoms with van der Waals surface area (Å²) in [7, 11) is 1.76. The molecule has 98 valence electrons. The van der Waals surface area contributed by atoms with Gasteiger partial charge in [0.05, 0.1) is 11.6 Å². The third-order valence-corrected chi connectivity index (χ3v) is 2.90. The molecule has 0 amide bonds. The van der Waals surface area contributed by atoms with Crippen LogP contribution in [0.5, 0.6) is 0 Å². The molecular weight excluding hydrogens is 232 g/mol. The summed E-state index contributed by atoms with van der Waals surface area (Å²) in [4.78, 5) is 12.8. The summed E-state index contributed by atoms with van der Waals surface area (Å²) in [5.74, 6) is -0.650. The molecule has 1 atom stereocenters. The number of hydrogen-bond acceptors (Lipinski definition) is 4. The Morgan fingerprint density at radius 2 is 2.28 bits per heavy atom. The van der Waals surface area contributed by atoms with Crippen LogP contribution in [0.25, 0.3) is 0 Å². The molecule has 0 saturated heterocycles. The van der Waals surface area contributed by atoms with E-state index in [0.29, 0.717) is 30.2 Å². The second-order valence-electron chi connectivity index (χ2n) is 4.30. The number of hydrogen-bond donors (Lipinski definition) is 1. The first-order valence-corrected chi connectivity index (χ1v) is 5.83. The van der Waals surface area contributed by atoms with Gasteiger partial charge < -0.3 is 10.0 Å². The number of carboxylic acids is 1. The Bertz CT molecular complexity index is 487. The predicted octanol–water partition coefficient (Wildman–Crippen LogP) is 1.15. The van der Waals surface area contributed by atoms with E-state index in [1.54, 1.807) is 25.6 Å². The van der Waals surface area contributed by atoms with E-state index in [-0.39, 0.29) is 0 Å². The zero-order valence-electron chi connectivity index (χ0n) is 11.1. The predicted molar refractivity (Wildman–Crippen MR) is 67.3 cm³/mol. The molecule has 0 bridgehead atoms. The zero-order valence-corrected chi connectivity index (χ0v) is 11.1. The second-order valence-corrected chi connectivity index (χ2v) is 4.30. The summed E-state index contributed by atoms with van der Waals surface area (Å²) in [6, 6.07) is 2.13. The van der Waals surface area contributed by atoms with Crippen LogP contribution in [-0.2, 0) is 11.8 Å². The van der Waals surface area contributed by atoms with Crippen LogP contribution >= 0.6 is 0 Å². The maximum atomic E-state index is 10.9. The molecular formula is C12H18N4O2. The summed E-state index contributed by atoms with van der Waals surface area (Å²) in [5.41, 5.74) is 1.17. The first-order valence-electron chi connectivity index (χ1n) is 5.83. The third kappa shape index (κ3) is 2.62. The number of carbonyl (C=O) groups is 1. The number of aromatic nitrogens is 2. The maximum Gasteiger partial charge on any atom is 0.308 e. The minimum atomic E-state index is -0.842. The van der Waals surface area contributed by atoms with Gasteiger partial charge in [0.1, 0.15) is 17.5 Å². The molecule has 1 unspecified atom stereocenters. The van der Waals surface area contributed by atoms with Crippen molar-refractivity contribution in [1.82, 2.24) is 9.78 Å². The normalized spacial score (nSPS) is 11.9.